The Hall–Kier alpha value is -3.42. The van der Waals surface area contributed by atoms with Gasteiger partial charge in [0, 0.05) is 66.0 Å². The Morgan fingerprint density at radius 3 is 1.44 bits per heavy atom. The number of thioether (sulfide) groups is 4. The molecule has 0 saturated heterocycles. The third-order valence-electron chi connectivity index (χ3n) is 8.58. The topological polar surface area (TPSA) is 6.48 Å². The fraction of sp³-hybridized carbons (Fsp3) is 0.128. The highest BCUT2D eigenvalue weighted by molar-refractivity contribution is 8.22. The van der Waals surface area contributed by atoms with Crippen molar-refractivity contribution in [2.75, 3.05) is 41.9 Å². The number of nitrogens with zero attached hydrogens (tertiary/aromatic N) is 2. The molecule has 0 bridgehead atoms. The molecule has 6 heteroatoms. The Morgan fingerprint density at radius 1 is 0.444 bits per heavy atom. The molecule has 7 rings (SSSR count). The van der Waals surface area contributed by atoms with Crippen LogP contribution in [0.4, 0.5) is 28.4 Å². The summed E-state index contributed by atoms with van der Waals surface area (Å²) < 4.78 is 2.66. The maximum Gasteiger partial charge on any atom is 0.0541 e. The van der Waals surface area contributed by atoms with E-state index in [9.17, 15) is 0 Å². The molecule has 5 aromatic carbocycles. The fourth-order valence-corrected chi connectivity index (χ4v) is 9.63. The molecule has 2 aliphatic heterocycles. The molecule has 5 aromatic rings. The zero-order chi connectivity index (χ0) is 31.1. The summed E-state index contributed by atoms with van der Waals surface area (Å²) in [4.78, 5) is 4.75. The average molecular weight is 659 g/mol. The molecule has 0 aromatic heterocycles. The molecule has 0 amide bonds. The number of anilines is 5. The van der Waals surface area contributed by atoms with Gasteiger partial charge in [-0.05, 0) is 84.7 Å². The first-order valence-corrected chi connectivity index (χ1v) is 19.7. The Morgan fingerprint density at radius 2 is 0.867 bits per heavy atom. The first kappa shape index (κ1) is 30.2. The normalized spacial score (nSPS) is 13.2. The van der Waals surface area contributed by atoms with Crippen LogP contribution in [0.3, 0.4) is 0 Å². The summed E-state index contributed by atoms with van der Waals surface area (Å²) >= 11 is 7.33. The van der Waals surface area contributed by atoms with E-state index in [1.54, 1.807) is 0 Å². The van der Waals surface area contributed by atoms with Crippen LogP contribution in [0.2, 0.25) is 0 Å². The van der Waals surface area contributed by atoms with Gasteiger partial charge in [-0.15, -0.1) is 47.0 Å². The lowest BCUT2D eigenvalue weighted by Gasteiger charge is -2.36. The van der Waals surface area contributed by atoms with Crippen molar-refractivity contribution < 1.29 is 0 Å². The lowest BCUT2D eigenvalue weighted by molar-refractivity contribution is 1.17. The highest BCUT2D eigenvalue weighted by Crippen LogP contribution is 2.54. The maximum absolute atomic E-state index is 2.42. The summed E-state index contributed by atoms with van der Waals surface area (Å²) in [5.41, 5.74) is 16.3. The van der Waals surface area contributed by atoms with Crippen LogP contribution < -0.4 is 9.80 Å². The summed E-state index contributed by atoms with van der Waals surface area (Å²) in [6, 6.07) is 42.4. The lowest BCUT2D eigenvalue weighted by atomic mass is 9.86. The summed E-state index contributed by atoms with van der Waals surface area (Å²) in [7, 11) is 2.18. The van der Waals surface area contributed by atoms with Gasteiger partial charge in [0.2, 0.25) is 0 Å². The SMILES string of the molecule is CSC(SC)=C1c2ccccc2N(C)c2ccc(-c3ccc4c(c3)C(=C(SC)SC)c3ccccc3N4c3ccccc3)cc21. The molecule has 0 radical (unpaired) electrons. The fourth-order valence-electron chi connectivity index (χ4n) is 6.60. The van der Waals surface area contributed by atoms with Crippen molar-refractivity contribution in [2.24, 2.45) is 0 Å². The number of hydrogen-bond donors (Lipinski definition) is 0. The summed E-state index contributed by atoms with van der Waals surface area (Å²) in [5, 5.41) is 0. The number of benzene rings is 5. The van der Waals surface area contributed by atoms with Crippen LogP contribution in [0.15, 0.2) is 124 Å². The van der Waals surface area contributed by atoms with E-state index < -0.39 is 0 Å². The van der Waals surface area contributed by atoms with Crippen LogP contribution in [0.5, 0.6) is 0 Å². The minimum atomic E-state index is 1.17. The molecule has 0 N–H and O–H groups in total. The van der Waals surface area contributed by atoms with Crippen molar-refractivity contribution in [3.63, 3.8) is 0 Å². The summed E-state index contributed by atoms with van der Waals surface area (Å²) in [6.45, 7) is 0. The van der Waals surface area contributed by atoms with Crippen molar-refractivity contribution in [1.29, 1.82) is 0 Å². The third-order valence-corrected chi connectivity index (χ3v) is 12.9. The molecule has 224 valence electrons. The molecular weight excluding hydrogens is 625 g/mol. The molecule has 0 spiro atoms. The molecule has 2 aliphatic rings. The highest BCUT2D eigenvalue weighted by Gasteiger charge is 2.31. The molecule has 45 heavy (non-hydrogen) atoms. The molecule has 0 unspecified atom stereocenters. The second-order valence-corrected chi connectivity index (χ2v) is 14.7. The Bertz CT molecular complexity index is 1970. The smallest absolute Gasteiger partial charge is 0.0541 e. The zero-order valence-electron chi connectivity index (χ0n) is 26.0. The maximum atomic E-state index is 2.42. The molecule has 0 saturated carbocycles. The van der Waals surface area contributed by atoms with Crippen LogP contribution in [-0.2, 0) is 0 Å². The van der Waals surface area contributed by atoms with Crippen LogP contribution >= 0.6 is 47.0 Å². The summed E-state index contributed by atoms with van der Waals surface area (Å²) in [5.74, 6) is 0. The first-order valence-electron chi connectivity index (χ1n) is 14.8. The molecule has 0 atom stereocenters. The van der Waals surface area contributed by atoms with Gasteiger partial charge in [0.25, 0.3) is 0 Å². The minimum Gasteiger partial charge on any atom is -0.344 e. The largest absolute Gasteiger partial charge is 0.344 e. The number of fused-ring (bicyclic) bond motifs is 4. The molecule has 2 nitrogen and oxygen atoms in total. The van der Waals surface area contributed by atoms with E-state index in [0.717, 1.165) is 0 Å². The molecular formula is C39H34N2S4. The van der Waals surface area contributed by atoms with E-state index in [2.05, 4.69) is 157 Å². The van der Waals surface area contributed by atoms with Crippen molar-refractivity contribution in [1.82, 2.24) is 0 Å². The number of rotatable bonds is 6. The van der Waals surface area contributed by atoms with Gasteiger partial charge in [-0.1, -0.05) is 66.7 Å². The number of para-hydroxylation sites is 3. The van der Waals surface area contributed by atoms with Crippen molar-refractivity contribution >= 4 is 86.6 Å². The van der Waals surface area contributed by atoms with Gasteiger partial charge >= 0.3 is 0 Å². The average Bonchev–Trinajstić information content (AvgIpc) is 3.10. The highest BCUT2D eigenvalue weighted by atomic mass is 32.2. The van der Waals surface area contributed by atoms with Gasteiger partial charge in [-0.2, -0.15) is 0 Å². The Labute approximate surface area is 284 Å². The lowest BCUT2D eigenvalue weighted by Crippen LogP contribution is -2.19. The zero-order valence-corrected chi connectivity index (χ0v) is 29.3. The van der Waals surface area contributed by atoms with E-state index in [1.165, 1.54) is 81.4 Å². The van der Waals surface area contributed by atoms with Gasteiger partial charge in [-0.3, -0.25) is 0 Å². The molecule has 0 fully saturated rings. The predicted molar refractivity (Wildman–Crippen MR) is 207 cm³/mol. The van der Waals surface area contributed by atoms with Crippen LogP contribution in [0.25, 0.3) is 22.3 Å². The molecule has 2 heterocycles. The van der Waals surface area contributed by atoms with E-state index in [4.69, 9.17) is 0 Å². The predicted octanol–water partition coefficient (Wildman–Crippen LogP) is 12.1. The van der Waals surface area contributed by atoms with Gasteiger partial charge in [-0.25, -0.2) is 0 Å². The van der Waals surface area contributed by atoms with Gasteiger partial charge in [0.1, 0.15) is 0 Å². The monoisotopic (exact) mass is 658 g/mol. The van der Waals surface area contributed by atoms with E-state index in [1.807, 2.05) is 47.0 Å². The standard InChI is InChI=1S/C39H34N2S4/c1-40-32-17-11-9-15-28(32)36(38(42-2)43-3)30-23-25(19-21-33(30)40)26-20-22-35-31(24-26)37(39(44-4)45-5)29-16-10-12-18-34(29)41(35)27-13-7-6-8-14-27/h6-24H,1-5H3. The minimum absolute atomic E-state index is 1.17. The quantitative estimate of drug-likeness (QED) is 0.174. The van der Waals surface area contributed by atoms with Gasteiger partial charge in [0.05, 0.1) is 11.4 Å². The van der Waals surface area contributed by atoms with E-state index in [0.29, 0.717) is 0 Å². The van der Waals surface area contributed by atoms with Gasteiger partial charge in [0.15, 0.2) is 0 Å². The van der Waals surface area contributed by atoms with Crippen molar-refractivity contribution in [3.05, 3.63) is 146 Å². The second kappa shape index (κ2) is 12.8. The van der Waals surface area contributed by atoms with Crippen molar-refractivity contribution in [2.45, 2.75) is 0 Å². The Kier molecular flexibility index (Phi) is 8.58. The van der Waals surface area contributed by atoms with Crippen molar-refractivity contribution in [3.8, 4) is 11.1 Å². The second-order valence-electron chi connectivity index (χ2n) is 10.9. The van der Waals surface area contributed by atoms with Crippen LogP contribution in [-0.4, -0.2) is 32.1 Å². The van der Waals surface area contributed by atoms with E-state index in [-0.39, 0.29) is 0 Å². The third kappa shape index (κ3) is 5.12. The first-order chi connectivity index (χ1) is 22.1. The van der Waals surface area contributed by atoms with E-state index >= 15 is 0 Å². The van der Waals surface area contributed by atoms with Gasteiger partial charge < -0.3 is 9.80 Å². The molecule has 0 aliphatic carbocycles. The number of hydrogen-bond acceptors (Lipinski definition) is 6. The van der Waals surface area contributed by atoms with Crippen LogP contribution in [0.1, 0.15) is 22.3 Å². The summed E-state index contributed by atoms with van der Waals surface area (Å²) in [6.07, 6.45) is 8.75. The van der Waals surface area contributed by atoms with Crippen LogP contribution in [0, 0.1) is 0 Å². The Balaban J connectivity index is 1.45.